The molecule has 0 saturated heterocycles. The zero-order chi connectivity index (χ0) is 28.5. The molecule has 0 aliphatic heterocycles. The molecule has 7 nitrogen and oxygen atoms in total. The molecule has 1 unspecified atom stereocenters. The predicted octanol–water partition coefficient (Wildman–Crippen LogP) is 5.13. The van der Waals surface area contributed by atoms with Crippen LogP contribution in [0.1, 0.15) is 69.1 Å². The number of benzene rings is 3. The maximum Gasteiger partial charge on any atom is 0.251 e. The van der Waals surface area contributed by atoms with E-state index in [4.69, 9.17) is 4.42 Å². The van der Waals surface area contributed by atoms with E-state index in [0.717, 1.165) is 22.5 Å². The van der Waals surface area contributed by atoms with Crippen molar-refractivity contribution in [3.8, 4) is 0 Å². The summed E-state index contributed by atoms with van der Waals surface area (Å²) in [6.07, 6.45) is 1.18. The zero-order valence-corrected chi connectivity index (χ0v) is 23.1. The third-order valence-electron chi connectivity index (χ3n) is 6.99. The molecule has 7 heteroatoms. The largest absolute Gasteiger partial charge is 0.468 e. The lowest BCUT2D eigenvalue weighted by molar-refractivity contribution is 0.0824. The highest BCUT2D eigenvalue weighted by Crippen LogP contribution is 2.16. The quantitative estimate of drug-likeness (QED) is 0.200. The van der Waals surface area contributed by atoms with Gasteiger partial charge in [-0.3, -0.25) is 9.59 Å². The first-order valence-corrected chi connectivity index (χ1v) is 13.6. The van der Waals surface area contributed by atoms with Gasteiger partial charge in [-0.1, -0.05) is 66.2 Å². The van der Waals surface area contributed by atoms with Crippen LogP contribution >= 0.6 is 0 Å². The van der Waals surface area contributed by atoms with Crippen molar-refractivity contribution in [2.45, 2.75) is 51.4 Å². The third-order valence-corrected chi connectivity index (χ3v) is 6.99. The van der Waals surface area contributed by atoms with Crippen molar-refractivity contribution in [2.75, 3.05) is 6.54 Å². The minimum atomic E-state index is -0.872. The molecule has 208 valence electrons. The van der Waals surface area contributed by atoms with Gasteiger partial charge in [-0.05, 0) is 68.7 Å². The van der Waals surface area contributed by atoms with Crippen LogP contribution in [0.2, 0.25) is 0 Å². The van der Waals surface area contributed by atoms with Crippen LogP contribution in [0, 0.1) is 6.92 Å². The summed E-state index contributed by atoms with van der Waals surface area (Å²) >= 11 is 0. The van der Waals surface area contributed by atoms with Crippen LogP contribution in [0.3, 0.4) is 0 Å². The predicted molar refractivity (Wildman–Crippen MR) is 156 cm³/mol. The molecule has 0 spiro atoms. The fourth-order valence-corrected chi connectivity index (χ4v) is 4.50. The minimum absolute atomic E-state index is 0.102. The second kappa shape index (κ2) is 13.7. The number of rotatable bonds is 12. The van der Waals surface area contributed by atoms with Crippen LogP contribution in [0.5, 0.6) is 0 Å². The van der Waals surface area contributed by atoms with Gasteiger partial charge in [-0.2, -0.15) is 0 Å². The van der Waals surface area contributed by atoms with E-state index >= 15 is 0 Å². The Morgan fingerprint density at radius 2 is 1.48 bits per heavy atom. The summed E-state index contributed by atoms with van der Waals surface area (Å²) in [5, 5.41) is 20.4. The summed E-state index contributed by atoms with van der Waals surface area (Å²) in [5.41, 5.74) is 3.88. The van der Waals surface area contributed by atoms with E-state index in [1.807, 2.05) is 87.5 Å². The second-order valence-electron chi connectivity index (χ2n) is 10.2. The Morgan fingerprint density at radius 3 is 2.12 bits per heavy atom. The number of aliphatic hydroxyl groups is 1. The van der Waals surface area contributed by atoms with Crippen LogP contribution < -0.4 is 16.0 Å². The Hall–Kier alpha value is -4.20. The highest BCUT2D eigenvalue weighted by molar-refractivity contribution is 5.99. The number of hydrogen-bond donors (Lipinski definition) is 4. The zero-order valence-electron chi connectivity index (χ0n) is 23.1. The van der Waals surface area contributed by atoms with Crippen molar-refractivity contribution < 1.29 is 19.1 Å². The minimum Gasteiger partial charge on any atom is -0.468 e. The van der Waals surface area contributed by atoms with E-state index < -0.39 is 12.1 Å². The molecular weight excluding hydrogens is 502 g/mol. The van der Waals surface area contributed by atoms with Crippen molar-refractivity contribution in [3.05, 3.63) is 131 Å². The summed E-state index contributed by atoms with van der Waals surface area (Å²) in [4.78, 5) is 26.3. The van der Waals surface area contributed by atoms with E-state index in [-0.39, 0.29) is 30.4 Å². The number of aryl methyl sites for hydroxylation is 1. The van der Waals surface area contributed by atoms with E-state index in [2.05, 4.69) is 16.0 Å². The molecule has 3 aromatic carbocycles. The van der Waals surface area contributed by atoms with Crippen LogP contribution in [-0.2, 0) is 6.42 Å². The number of amides is 2. The van der Waals surface area contributed by atoms with Crippen LogP contribution in [0.15, 0.2) is 102 Å². The molecule has 1 heterocycles. The number of furan rings is 1. The number of hydrogen-bond acceptors (Lipinski definition) is 5. The number of carbonyl (C=O) groups is 2. The SMILES string of the molecule is Cc1ccc([C@@H](C)NC(=O)c2cccc(C(=O)N[C@@H](Cc3ccccc3)[C@H](O)CNC(C)c3ccco3)c2)cc1. The van der Waals surface area contributed by atoms with Gasteiger partial charge in [-0.25, -0.2) is 0 Å². The third kappa shape index (κ3) is 7.91. The highest BCUT2D eigenvalue weighted by atomic mass is 16.3. The molecule has 40 heavy (non-hydrogen) atoms. The molecule has 4 rings (SSSR count). The van der Waals surface area contributed by atoms with Crippen LogP contribution in [0.4, 0.5) is 0 Å². The van der Waals surface area contributed by atoms with E-state index in [1.54, 1.807) is 30.5 Å². The monoisotopic (exact) mass is 539 g/mol. The Labute approximate surface area is 235 Å². The average molecular weight is 540 g/mol. The molecule has 0 radical (unpaired) electrons. The first-order valence-electron chi connectivity index (χ1n) is 13.6. The maximum atomic E-state index is 13.3. The smallest absolute Gasteiger partial charge is 0.251 e. The van der Waals surface area contributed by atoms with Crippen LogP contribution in [0.25, 0.3) is 0 Å². The first kappa shape index (κ1) is 28.8. The standard InChI is InChI=1S/C33H37N3O4/c1-22-14-16-26(17-15-22)23(2)35-32(38)27-11-7-12-28(20-27)33(39)36-29(19-25-9-5-4-6-10-25)30(37)21-34-24(3)31-13-8-18-40-31/h4-18,20,23-24,29-30,34,37H,19,21H2,1-3H3,(H,35,38)(H,36,39)/t23-,24?,29+,30-/m1/s1. The van der Waals surface area contributed by atoms with Gasteiger partial charge in [0.1, 0.15) is 5.76 Å². The molecule has 4 aromatic rings. The Morgan fingerprint density at radius 1 is 0.800 bits per heavy atom. The van der Waals surface area contributed by atoms with Gasteiger partial charge in [0, 0.05) is 17.7 Å². The molecule has 4 N–H and O–H groups in total. The molecule has 1 aromatic heterocycles. The lowest BCUT2D eigenvalue weighted by atomic mass is 10.00. The van der Waals surface area contributed by atoms with E-state index in [1.165, 1.54) is 0 Å². The first-order chi connectivity index (χ1) is 19.3. The average Bonchev–Trinajstić information content (AvgIpc) is 3.51. The maximum absolute atomic E-state index is 13.3. The van der Waals surface area contributed by atoms with E-state index in [9.17, 15) is 14.7 Å². The number of aliphatic hydroxyl groups excluding tert-OH is 1. The van der Waals surface area contributed by atoms with Gasteiger partial charge in [-0.15, -0.1) is 0 Å². The lowest BCUT2D eigenvalue weighted by Gasteiger charge is -2.26. The molecule has 0 aliphatic carbocycles. The molecule has 0 bridgehead atoms. The highest BCUT2D eigenvalue weighted by Gasteiger charge is 2.24. The van der Waals surface area contributed by atoms with Crippen molar-refractivity contribution in [1.29, 1.82) is 0 Å². The molecule has 4 atom stereocenters. The van der Waals surface area contributed by atoms with Gasteiger partial charge in [0.05, 0.1) is 30.5 Å². The normalized spacial score (nSPS) is 14.1. The second-order valence-corrected chi connectivity index (χ2v) is 10.2. The molecular formula is C33H37N3O4. The molecule has 0 aliphatic rings. The van der Waals surface area contributed by atoms with Crippen molar-refractivity contribution >= 4 is 11.8 Å². The van der Waals surface area contributed by atoms with Crippen molar-refractivity contribution in [2.24, 2.45) is 0 Å². The van der Waals surface area contributed by atoms with Crippen molar-refractivity contribution in [3.63, 3.8) is 0 Å². The van der Waals surface area contributed by atoms with Gasteiger partial charge in [0.25, 0.3) is 11.8 Å². The van der Waals surface area contributed by atoms with Crippen molar-refractivity contribution in [1.82, 2.24) is 16.0 Å². The Bertz CT molecular complexity index is 1370. The summed E-state index contributed by atoms with van der Waals surface area (Å²) in [6.45, 7) is 6.14. The van der Waals surface area contributed by atoms with Gasteiger partial charge >= 0.3 is 0 Å². The summed E-state index contributed by atoms with van der Waals surface area (Å²) < 4.78 is 5.44. The fraction of sp³-hybridized carbons (Fsp3) is 0.273. The molecule has 2 amide bonds. The summed E-state index contributed by atoms with van der Waals surface area (Å²) in [5.74, 6) is 0.141. The number of nitrogens with one attached hydrogen (secondary N) is 3. The lowest BCUT2D eigenvalue weighted by Crippen LogP contribution is -2.49. The van der Waals surface area contributed by atoms with Gasteiger partial charge in [0.2, 0.25) is 0 Å². The topological polar surface area (TPSA) is 104 Å². The van der Waals surface area contributed by atoms with Crippen LogP contribution in [-0.4, -0.2) is 35.6 Å². The Kier molecular flexibility index (Phi) is 9.89. The van der Waals surface area contributed by atoms with Gasteiger partial charge < -0.3 is 25.5 Å². The van der Waals surface area contributed by atoms with E-state index in [0.29, 0.717) is 17.5 Å². The summed E-state index contributed by atoms with van der Waals surface area (Å²) in [6, 6.07) is 27.2. The fourth-order valence-electron chi connectivity index (χ4n) is 4.50. The Balaban J connectivity index is 1.43. The summed E-state index contributed by atoms with van der Waals surface area (Å²) in [7, 11) is 0. The molecule has 0 saturated carbocycles. The molecule has 0 fully saturated rings. The number of carbonyl (C=O) groups excluding carboxylic acids is 2. The van der Waals surface area contributed by atoms with Gasteiger partial charge in [0.15, 0.2) is 0 Å².